The number of carbonyl (C=O) groups excluding carboxylic acids is 2. The molecule has 1 amide bonds. The van der Waals surface area contributed by atoms with Gasteiger partial charge in [-0.3, -0.25) is 9.59 Å². The first-order valence-corrected chi connectivity index (χ1v) is 13.7. The minimum absolute atomic E-state index is 0.0894. The van der Waals surface area contributed by atoms with Crippen molar-refractivity contribution in [2.45, 2.75) is 45.4 Å². The molecule has 2 aliphatic rings. The zero-order valence-electron chi connectivity index (χ0n) is 21.2. The Morgan fingerprint density at radius 1 is 1.08 bits per heavy atom. The second-order valence-corrected chi connectivity index (χ2v) is 10.7. The molecule has 2 fully saturated rings. The van der Waals surface area contributed by atoms with E-state index in [1.54, 1.807) is 6.20 Å². The second-order valence-electron chi connectivity index (χ2n) is 9.92. The van der Waals surface area contributed by atoms with Crippen molar-refractivity contribution < 1.29 is 9.59 Å². The Morgan fingerprint density at radius 3 is 2.54 bits per heavy atom. The van der Waals surface area contributed by atoms with Gasteiger partial charge in [0.05, 0.1) is 11.9 Å². The molecular formula is C27H33N7O2S. The van der Waals surface area contributed by atoms with Crippen molar-refractivity contribution in [3.05, 3.63) is 53.5 Å². The Kier molecular flexibility index (Phi) is 7.64. The van der Waals surface area contributed by atoms with Crippen LogP contribution < -0.4 is 20.9 Å². The van der Waals surface area contributed by atoms with Gasteiger partial charge in [0.25, 0.3) is 5.91 Å². The fourth-order valence-electron chi connectivity index (χ4n) is 5.17. The van der Waals surface area contributed by atoms with Crippen molar-refractivity contribution in [2.24, 2.45) is 11.7 Å². The molecule has 3 N–H and O–H groups in total. The average Bonchev–Trinajstić information content (AvgIpc) is 3.33. The molecule has 3 aromatic rings. The molecule has 9 nitrogen and oxygen atoms in total. The molecule has 0 aliphatic carbocycles. The molecule has 0 radical (unpaired) electrons. The fraction of sp³-hybridized carbons (Fsp3) is 0.444. The maximum atomic E-state index is 13.1. The summed E-state index contributed by atoms with van der Waals surface area (Å²) in [5.74, 6) is 0.741. The van der Waals surface area contributed by atoms with E-state index in [0.29, 0.717) is 24.6 Å². The third kappa shape index (κ3) is 6.07. The zero-order valence-corrected chi connectivity index (χ0v) is 22.0. The maximum absolute atomic E-state index is 13.1. The number of rotatable bonds is 8. The number of anilines is 4. The standard InChI is InChI=1S/C27H33N7O2S/c1-18-14-24(37-32-18)31-27-25(26(28)36)29-16-23(30-27)34-13-5-6-19(17-34)15-22(35)20-7-9-21(10-8-20)33-11-3-2-4-12-33/h7-10,14,16,19H,2-6,11-13,15,17H2,1H3,(H2,28,36)(H,30,31)/t19-/m0/s1. The number of carbonyl (C=O) groups is 2. The number of primary amides is 1. The van der Waals surface area contributed by atoms with Gasteiger partial charge in [0.15, 0.2) is 17.3 Å². The molecular weight excluding hydrogens is 486 g/mol. The number of ketones is 1. The summed E-state index contributed by atoms with van der Waals surface area (Å²) in [6.45, 7) is 5.61. The lowest BCUT2D eigenvalue weighted by atomic mass is 9.91. The molecule has 2 saturated heterocycles. The van der Waals surface area contributed by atoms with Gasteiger partial charge >= 0.3 is 0 Å². The van der Waals surface area contributed by atoms with Crippen LogP contribution in [0, 0.1) is 12.8 Å². The van der Waals surface area contributed by atoms with Crippen LogP contribution in [0.2, 0.25) is 0 Å². The normalized spacial score (nSPS) is 18.0. The third-order valence-corrected chi connectivity index (χ3v) is 7.89. The fourth-order valence-corrected chi connectivity index (χ4v) is 5.83. The van der Waals surface area contributed by atoms with E-state index in [4.69, 9.17) is 5.73 Å². The molecule has 194 valence electrons. The summed E-state index contributed by atoms with van der Waals surface area (Å²) >= 11 is 1.29. The largest absolute Gasteiger partial charge is 0.372 e. The predicted octanol–water partition coefficient (Wildman–Crippen LogP) is 4.56. The van der Waals surface area contributed by atoms with Crippen LogP contribution in [-0.2, 0) is 0 Å². The molecule has 0 saturated carbocycles. The van der Waals surface area contributed by atoms with Crippen molar-refractivity contribution in [1.29, 1.82) is 0 Å². The summed E-state index contributed by atoms with van der Waals surface area (Å²) in [6, 6.07) is 9.99. The molecule has 2 aliphatic heterocycles. The van der Waals surface area contributed by atoms with E-state index < -0.39 is 5.91 Å². The smallest absolute Gasteiger partial charge is 0.271 e. The van der Waals surface area contributed by atoms with Gasteiger partial charge in [0, 0.05) is 43.9 Å². The minimum Gasteiger partial charge on any atom is -0.372 e. The van der Waals surface area contributed by atoms with Gasteiger partial charge in [-0.2, -0.15) is 4.37 Å². The van der Waals surface area contributed by atoms with Gasteiger partial charge in [0.1, 0.15) is 10.8 Å². The first-order chi connectivity index (χ1) is 18.0. The Labute approximate surface area is 221 Å². The predicted molar refractivity (Wildman–Crippen MR) is 147 cm³/mol. The van der Waals surface area contributed by atoms with Crippen LogP contribution in [-0.4, -0.2) is 52.2 Å². The summed E-state index contributed by atoms with van der Waals surface area (Å²) < 4.78 is 4.26. The Morgan fingerprint density at radius 2 is 1.84 bits per heavy atom. The van der Waals surface area contributed by atoms with Crippen molar-refractivity contribution in [1.82, 2.24) is 14.3 Å². The van der Waals surface area contributed by atoms with E-state index in [1.165, 1.54) is 36.5 Å². The van der Waals surface area contributed by atoms with Crippen LogP contribution in [0.4, 0.5) is 22.3 Å². The first-order valence-electron chi connectivity index (χ1n) is 13.0. The summed E-state index contributed by atoms with van der Waals surface area (Å²) in [5, 5.41) is 3.91. The number of nitrogens with one attached hydrogen (secondary N) is 1. The summed E-state index contributed by atoms with van der Waals surface area (Å²) in [4.78, 5) is 38.6. The van der Waals surface area contributed by atoms with Crippen LogP contribution in [0.5, 0.6) is 0 Å². The van der Waals surface area contributed by atoms with E-state index in [1.807, 2.05) is 25.1 Å². The highest BCUT2D eigenvalue weighted by molar-refractivity contribution is 7.10. The van der Waals surface area contributed by atoms with Gasteiger partial charge in [-0.15, -0.1) is 0 Å². The number of benzene rings is 1. The van der Waals surface area contributed by atoms with E-state index >= 15 is 0 Å². The van der Waals surface area contributed by atoms with E-state index in [9.17, 15) is 9.59 Å². The van der Waals surface area contributed by atoms with Gasteiger partial charge in [-0.1, -0.05) is 0 Å². The quantitative estimate of drug-likeness (QED) is 0.416. The highest BCUT2D eigenvalue weighted by Gasteiger charge is 2.25. The Bertz CT molecular complexity index is 1250. The topological polar surface area (TPSA) is 117 Å². The van der Waals surface area contributed by atoms with Crippen LogP contribution >= 0.6 is 11.5 Å². The molecule has 2 aromatic heterocycles. The van der Waals surface area contributed by atoms with Gasteiger partial charge in [0.2, 0.25) is 0 Å². The summed E-state index contributed by atoms with van der Waals surface area (Å²) in [7, 11) is 0. The lowest BCUT2D eigenvalue weighted by Crippen LogP contribution is -2.37. The SMILES string of the molecule is Cc1cc(Nc2nc(N3CCC[C@@H](CC(=O)c4ccc(N5CCCCC5)cc4)C3)cnc2C(N)=O)sn1. The lowest BCUT2D eigenvalue weighted by molar-refractivity contribution is 0.0954. The third-order valence-electron chi connectivity index (χ3n) is 7.09. The molecule has 0 unspecified atom stereocenters. The van der Waals surface area contributed by atoms with Gasteiger partial charge in [-0.05, 0) is 86.8 Å². The first kappa shape index (κ1) is 25.1. The van der Waals surface area contributed by atoms with E-state index in [2.05, 4.69) is 41.6 Å². The molecule has 10 heteroatoms. The average molecular weight is 520 g/mol. The number of nitrogens with two attached hydrogens (primary N) is 1. The number of nitrogens with zero attached hydrogens (tertiary/aromatic N) is 5. The van der Waals surface area contributed by atoms with Crippen LogP contribution in [0.1, 0.15) is 65.1 Å². The molecule has 4 heterocycles. The number of aryl methyl sites for hydroxylation is 1. The van der Waals surface area contributed by atoms with Gasteiger partial charge in [-0.25, -0.2) is 9.97 Å². The Hall–Kier alpha value is -3.53. The lowest BCUT2D eigenvalue weighted by Gasteiger charge is -2.33. The molecule has 1 atom stereocenters. The highest BCUT2D eigenvalue weighted by atomic mass is 32.1. The number of aromatic nitrogens is 3. The van der Waals surface area contributed by atoms with Crippen LogP contribution in [0.25, 0.3) is 0 Å². The van der Waals surface area contributed by atoms with Crippen LogP contribution in [0.3, 0.4) is 0 Å². The van der Waals surface area contributed by atoms with Crippen molar-refractivity contribution in [2.75, 3.05) is 41.3 Å². The second kappa shape index (κ2) is 11.2. The Balaban J connectivity index is 1.25. The van der Waals surface area contributed by atoms with Gasteiger partial charge < -0.3 is 20.9 Å². The number of piperidine rings is 2. The summed E-state index contributed by atoms with van der Waals surface area (Å²) in [6.07, 6.45) is 7.81. The molecule has 0 spiro atoms. The molecule has 0 bridgehead atoms. The minimum atomic E-state index is -0.642. The highest BCUT2D eigenvalue weighted by Crippen LogP contribution is 2.29. The maximum Gasteiger partial charge on any atom is 0.271 e. The number of hydrogen-bond acceptors (Lipinski definition) is 9. The van der Waals surface area contributed by atoms with Crippen LogP contribution in [0.15, 0.2) is 36.5 Å². The number of amides is 1. The summed E-state index contributed by atoms with van der Waals surface area (Å²) in [5.41, 5.74) is 8.48. The zero-order chi connectivity index (χ0) is 25.8. The van der Waals surface area contributed by atoms with Crippen molar-refractivity contribution >= 4 is 45.5 Å². The molecule has 1 aromatic carbocycles. The number of Topliss-reactive ketones (excluding diaryl/α,β-unsaturated/α-hetero) is 1. The van der Waals surface area contributed by atoms with E-state index in [-0.39, 0.29) is 17.4 Å². The monoisotopic (exact) mass is 519 g/mol. The van der Waals surface area contributed by atoms with Crippen molar-refractivity contribution in [3.63, 3.8) is 0 Å². The molecule has 37 heavy (non-hydrogen) atoms. The number of hydrogen-bond donors (Lipinski definition) is 2. The van der Waals surface area contributed by atoms with Crippen molar-refractivity contribution in [3.8, 4) is 0 Å². The molecule has 5 rings (SSSR count). The van der Waals surface area contributed by atoms with E-state index in [0.717, 1.165) is 48.7 Å².